The molecule has 24 heavy (non-hydrogen) atoms. The highest BCUT2D eigenvalue weighted by Crippen LogP contribution is 2.26. The van der Waals surface area contributed by atoms with Crippen LogP contribution >= 0.6 is 22.6 Å². The topological polar surface area (TPSA) is 26.3 Å². The molecule has 0 aliphatic rings. The maximum Gasteiger partial charge on any atom is 0.389 e. The second kappa shape index (κ2) is 9.47. The number of hydrogen-bond acceptors (Lipinski definition) is 2. The third kappa shape index (κ3) is 7.71. The van der Waals surface area contributed by atoms with E-state index in [1.165, 1.54) is 0 Å². The molecule has 9 heteroatoms. The number of unbranched alkanes of at least 4 members (excludes halogenated alkanes) is 1. The van der Waals surface area contributed by atoms with Gasteiger partial charge in [-0.2, -0.15) is 13.2 Å². The van der Waals surface area contributed by atoms with Crippen LogP contribution in [-0.4, -0.2) is 22.7 Å². The van der Waals surface area contributed by atoms with Crippen molar-refractivity contribution >= 4 is 28.6 Å². The van der Waals surface area contributed by atoms with Crippen LogP contribution in [0.4, 0.5) is 26.3 Å². The third-order valence-electron chi connectivity index (χ3n) is 3.11. The van der Waals surface area contributed by atoms with Gasteiger partial charge >= 0.3 is 12.1 Å². The Hall–Kier alpha value is -1.00. The molecule has 0 heterocycles. The summed E-state index contributed by atoms with van der Waals surface area (Å²) in [6.45, 7) is -0.0396. The zero-order valence-electron chi connectivity index (χ0n) is 12.4. The van der Waals surface area contributed by atoms with Crippen LogP contribution in [0.3, 0.4) is 0 Å². The third-order valence-corrected chi connectivity index (χ3v) is 4.35. The Labute approximate surface area is 148 Å². The number of ether oxygens (including phenoxy) is 1. The average molecular weight is 468 g/mol. The minimum absolute atomic E-state index is 0.0258. The molecule has 136 valence electrons. The molecular formula is C15H15F6IO2. The molecule has 2 nitrogen and oxygen atoms in total. The fourth-order valence-electron chi connectivity index (χ4n) is 1.85. The van der Waals surface area contributed by atoms with Crippen LogP contribution in [0.5, 0.6) is 0 Å². The molecule has 0 aromatic heterocycles. The number of carbonyl (C=O) groups excluding carboxylic acids is 1. The lowest BCUT2D eigenvalue weighted by molar-refractivity contribution is -0.135. The van der Waals surface area contributed by atoms with E-state index in [2.05, 4.69) is 0 Å². The van der Waals surface area contributed by atoms with Gasteiger partial charge in [-0.25, -0.2) is 18.0 Å². The highest BCUT2D eigenvalue weighted by Gasteiger charge is 2.27. The van der Waals surface area contributed by atoms with E-state index in [0.29, 0.717) is 31.4 Å². The van der Waals surface area contributed by atoms with Crippen LogP contribution < -0.4 is 0 Å². The van der Waals surface area contributed by atoms with E-state index in [-0.39, 0.29) is 17.0 Å². The maximum absolute atomic E-state index is 13.0. The van der Waals surface area contributed by atoms with Crippen molar-refractivity contribution in [1.82, 2.24) is 0 Å². The van der Waals surface area contributed by atoms with Crippen LogP contribution in [0.25, 0.3) is 0 Å². The van der Waals surface area contributed by atoms with E-state index in [1.807, 2.05) is 22.6 Å². The standard InChI is InChI=1S/C15H15F6IO2/c16-11-7-9(8-12(17)13(11)18)14(23)24-6-2-1-3-10(22)4-5-15(19,20)21/h7-8,10H,1-6H2. The van der Waals surface area contributed by atoms with Crippen LogP contribution in [-0.2, 0) is 4.74 Å². The van der Waals surface area contributed by atoms with E-state index < -0.39 is 41.6 Å². The Kier molecular flexibility index (Phi) is 8.31. The van der Waals surface area contributed by atoms with E-state index in [1.54, 1.807) is 0 Å². The van der Waals surface area contributed by atoms with Gasteiger partial charge < -0.3 is 4.74 Å². The van der Waals surface area contributed by atoms with Gasteiger partial charge in [-0.3, -0.25) is 0 Å². The van der Waals surface area contributed by atoms with Crippen LogP contribution in [0.1, 0.15) is 42.5 Å². The first-order chi connectivity index (χ1) is 11.1. The number of carbonyl (C=O) groups is 1. The molecule has 1 aromatic rings. The number of alkyl halides is 4. The summed E-state index contributed by atoms with van der Waals surface area (Å²) < 4.78 is 79.6. The van der Waals surface area contributed by atoms with Crippen molar-refractivity contribution < 1.29 is 35.9 Å². The van der Waals surface area contributed by atoms with Crippen LogP contribution in [0.2, 0.25) is 0 Å². The van der Waals surface area contributed by atoms with Crippen molar-refractivity contribution in [3.63, 3.8) is 0 Å². The molecule has 0 N–H and O–H groups in total. The van der Waals surface area contributed by atoms with Crippen molar-refractivity contribution in [3.8, 4) is 0 Å². The summed E-state index contributed by atoms with van der Waals surface area (Å²) in [4.78, 5) is 11.6. The molecule has 0 saturated heterocycles. The van der Waals surface area contributed by atoms with Gasteiger partial charge in [0, 0.05) is 10.3 Å². The lowest BCUT2D eigenvalue weighted by Gasteiger charge is -2.11. The van der Waals surface area contributed by atoms with E-state index in [0.717, 1.165) is 0 Å². The Morgan fingerprint density at radius 1 is 1.08 bits per heavy atom. The molecule has 0 fully saturated rings. The van der Waals surface area contributed by atoms with E-state index >= 15 is 0 Å². The van der Waals surface area contributed by atoms with Gasteiger partial charge in [-0.1, -0.05) is 22.6 Å². The van der Waals surface area contributed by atoms with Crippen molar-refractivity contribution in [2.75, 3.05) is 6.61 Å². The molecule has 0 amide bonds. The maximum atomic E-state index is 13.0. The summed E-state index contributed by atoms with van der Waals surface area (Å²) in [5.41, 5.74) is -0.441. The minimum atomic E-state index is -4.17. The Morgan fingerprint density at radius 3 is 2.21 bits per heavy atom. The molecule has 0 aliphatic carbocycles. The van der Waals surface area contributed by atoms with Gasteiger partial charge in [-0.05, 0) is 37.8 Å². The number of rotatable bonds is 8. The lowest BCUT2D eigenvalue weighted by atomic mass is 10.1. The largest absolute Gasteiger partial charge is 0.462 e. The summed E-state index contributed by atoms with van der Waals surface area (Å²) in [7, 11) is 0. The van der Waals surface area contributed by atoms with Crippen molar-refractivity contribution in [1.29, 1.82) is 0 Å². The fraction of sp³-hybridized carbons (Fsp3) is 0.533. The Bertz CT molecular complexity index is 538. The average Bonchev–Trinajstić information content (AvgIpc) is 2.48. The number of benzene rings is 1. The first kappa shape index (κ1) is 21.0. The molecule has 0 spiro atoms. The minimum Gasteiger partial charge on any atom is -0.462 e. The van der Waals surface area contributed by atoms with Gasteiger partial charge in [0.15, 0.2) is 17.5 Å². The molecule has 1 atom stereocenters. The molecular weight excluding hydrogens is 453 g/mol. The quantitative estimate of drug-likeness (QED) is 0.125. The lowest BCUT2D eigenvalue weighted by Crippen LogP contribution is -2.11. The van der Waals surface area contributed by atoms with Gasteiger partial charge in [0.25, 0.3) is 0 Å². The summed E-state index contributed by atoms with van der Waals surface area (Å²) in [5, 5.41) is 0. The number of halogens is 7. The summed E-state index contributed by atoms with van der Waals surface area (Å²) in [5.74, 6) is -5.63. The van der Waals surface area contributed by atoms with Crippen molar-refractivity contribution in [2.24, 2.45) is 0 Å². The highest BCUT2D eigenvalue weighted by molar-refractivity contribution is 14.1. The second-order valence-electron chi connectivity index (χ2n) is 5.14. The first-order valence-corrected chi connectivity index (χ1v) is 8.37. The van der Waals surface area contributed by atoms with Gasteiger partial charge in [0.05, 0.1) is 12.2 Å². The molecule has 1 aromatic carbocycles. The highest BCUT2D eigenvalue weighted by atomic mass is 127. The van der Waals surface area contributed by atoms with Crippen molar-refractivity contribution in [3.05, 3.63) is 35.1 Å². The summed E-state index contributed by atoms with van der Waals surface area (Å²) in [6.07, 6.45) is -3.49. The number of hydrogen-bond donors (Lipinski definition) is 0. The predicted octanol–water partition coefficient (Wildman–Crippen LogP) is 5.58. The molecule has 1 unspecified atom stereocenters. The van der Waals surface area contributed by atoms with Gasteiger partial charge in [0.1, 0.15) is 0 Å². The number of esters is 1. The molecule has 0 bridgehead atoms. The smallest absolute Gasteiger partial charge is 0.389 e. The SMILES string of the molecule is O=C(OCCCCC(I)CCC(F)(F)F)c1cc(F)c(F)c(F)c1. The van der Waals surface area contributed by atoms with Crippen molar-refractivity contribution in [2.45, 2.75) is 42.2 Å². The fourth-order valence-corrected chi connectivity index (χ4v) is 2.61. The second-order valence-corrected chi connectivity index (χ2v) is 6.90. The Morgan fingerprint density at radius 2 is 1.67 bits per heavy atom. The molecule has 0 radical (unpaired) electrons. The normalized spacial score (nSPS) is 13.0. The summed E-state index contributed by atoms with van der Waals surface area (Å²) in [6, 6.07) is 1.08. The summed E-state index contributed by atoms with van der Waals surface area (Å²) >= 11 is 1.94. The Balaban J connectivity index is 2.27. The first-order valence-electron chi connectivity index (χ1n) is 7.12. The molecule has 0 aliphatic heterocycles. The van der Waals surface area contributed by atoms with Gasteiger partial charge in [0.2, 0.25) is 0 Å². The zero-order valence-corrected chi connectivity index (χ0v) is 14.6. The monoisotopic (exact) mass is 468 g/mol. The van der Waals surface area contributed by atoms with Crippen LogP contribution in [0.15, 0.2) is 12.1 Å². The molecule has 0 saturated carbocycles. The van der Waals surface area contributed by atoms with Crippen LogP contribution in [0, 0.1) is 17.5 Å². The molecule has 1 rings (SSSR count). The van der Waals surface area contributed by atoms with Gasteiger partial charge in [-0.15, -0.1) is 0 Å². The van der Waals surface area contributed by atoms with E-state index in [9.17, 15) is 31.1 Å². The van der Waals surface area contributed by atoms with E-state index in [4.69, 9.17) is 4.74 Å². The predicted molar refractivity (Wildman–Crippen MR) is 83.5 cm³/mol. The zero-order chi connectivity index (χ0) is 18.3.